The van der Waals surface area contributed by atoms with Gasteiger partial charge in [0.1, 0.15) is 5.75 Å². The van der Waals surface area contributed by atoms with Gasteiger partial charge in [-0.1, -0.05) is 18.2 Å². The molecule has 0 unspecified atom stereocenters. The summed E-state index contributed by atoms with van der Waals surface area (Å²) in [7, 11) is 0. The maximum atomic E-state index is 13.6. The molecule has 0 atom stereocenters. The maximum Gasteiger partial charge on any atom is 0.420 e. The van der Waals surface area contributed by atoms with Gasteiger partial charge in [0.2, 0.25) is 5.91 Å². The SMILES string of the molecule is CCOc1cc(NC(=O)O)c(NC(=O)CC(=O)c2cccc(-c3cc(C)ncc3C)c2)cc1C(F)(F)F. The first-order valence-corrected chi connectivity index (χ1v) is 11.1. The molecule has 2 aromatic carbocycles. The Kier molecular flexibility index (Phi) is 8.16. The van der Waals surface area contributed by atoms with Gasteiger partial charge in [-0.15, -0.1) is 0 Å². The Balaban J connectivity index is 1.87. The first kappa shape index (κ1) is 27.2. The summed E-state index contributed by atoms with van der Waals surface area (Å²) >= 11 is 0. The van der Waals surface area contributed by atoms with E-state index in [4.69, 9.17) is 9.84 Å². The van der Waals surface area contributed by atoms with Crippen LogP contribution in [0, 0.1) is 13.8 Å². The molecule has 0 saturated heterocycles. The number of hydrogen-bond donors (Lipinski definition) is 3. The number of nitrogens with one attached hydrogen (secondary N) is 2. The van der Waals surface area contributed by atoms with Crippen LogP contribution < -0.4 is 15.4 Å². The molecule has 3 rings (SSSR count). The lowest BCUT2D eigenvalue weighted by atomic mass is 9.97. The molecule has 11 heteroatoms. The van der Waals surface area contributed by atoms with Crippen LogP contribution in [0.4, 0.5) is 29.3 Å². The highest BCUT2D eigenvalue weighted by atomic mass is 19.4. The standard InChI is InChI=1S/C26H24F3N3O5/c1-4-37-23-11-21(32-25(35)36)20(10-19(23)26(27,28)29)31-24(34)12-22(33)17-7-5-6-16(9-17)18-8-15(3)30-13-14(18)2/h5-11,13,32H,4,12H2,1-3H3,(H,31,34)(H,35,36). The van der Waals surface area contributed by atoms with E-state index < -0.39 is 47.4 Å². The van der Waals surface area contributed by atoms with Gasteiger partial charge in [0, 0.05) is 23.5 Å². The summed E-state index contributed by atoms with van der Waals surface area (Å²) in [6.07, 6.45) is -5.38. The first-order valence-electron chi connectivity index (χ1n) is 11.1. The second kappa shape index (κ2) is 11.1. The fraction of sp³-hybridized carbons (Fsp3) is 0.231. The second-order valence-corrected chi connectivity index (χ2v) is 8.12. The fourth-order valence-corrected chi connectivity index (χ4v) is 3.64. The molecular weight excluding hydrogens is 491 g/mol. The zero-order valence-corrected chi connectivity index (χ0v) is 20.2. The van der Waals surface area contributed by atoms with E-state index in [0.717, 1.165) is 28.5 Å². The number of carboxylic acid groups (broad SMARTS) is 1. The average molecular weight is 515 g/mol. The monoisotopic (exact) mass is 515 g/mol. The maximum absolute atomic E-state index is 13.6. The molecule has 0 spiro atoms. The third-order valence-electron chi connectivity index (χ3n) is 5.30. The van der Waals surface area contributed by atoms with Crippen LogP contribution in [-0.2, 0) is 11.0 Å². The molecule has 0 saturated carbocycles. The number of carbonyl (C=O) groups is 3. The van der Waals surface area contributed by atoms with Crippen molar-refractivity contribution in [1.82, 2.24) is 4.98 Å². The van der Waals surface area contributed by atoms with E-state index in [1.807, 2.05) is 25.2 Å². The van der Waals surface area contributed by atoms with E-state index in [1.54, 1.807) is 24.4 Å². The molecule has 0 aliphatic carbocycles. The number of alkyl halides is 3. The summed E-state index contributed by atoms with van der Waals surface area (Å²) in [5.41, 5.74) is 1.51. The zero-order valence-electron chi connectivity index (χ0n) is 20.2. The van der Waals surface area contributed by atoms with Gasteiger partial charge in [-0.25, -0.2) is 4.79 Å². The Bertz CT molecular complexity index is 1360. The number of ketones is 1. The minimum Gasteiger partial charge on any atom is -0.493 e. The largest absolute Gasteiger partial charge is 0.493 e. The van der Waals surface area contributed by atoms with E-state index in [-0.39, 0.29) is 17.9 Å². The van der Waals surface area contributed by atoms with Crippen molar-refractivity contribution in [3.63, 3.8) is 0 Å². The minimum atomic E-state index is -4.84. The van der Waals surface area contributed by atoms with Gasteiger partial charge in [-0.2, -0.15) is 13.2 Å². The predicted molar refractivity (Wildman–Crippen MR) is 131 cm³/mol. The topological polar surface area (TPSA) is 118 Å². The molecule has 8 nitrogen and oxygen atoms in total. The van der Waals surface area contributed by atoms with Crippen molar-refractivity contribution in [2.75, 3.05) is 17.2 Å². The smallest absolute Gasteiger partial charge is 0.420 e. The van der Waals surface area contributed by atoms with Gasteiger partial charge in [-0.05, 0) is 55.7 Å². The average Bonchev–Trinajstić information content (AvgIpc) is 2.81. The number of ether oxygens (including phenoxy) is 1. The number of rotatable bonds is 8. The number of anilines is 2. The molecule has 0 aliphatic heterocycles. The number of aromatic nitrogens is 1. The van der Waals surface area contributed by atoms with Crippen molar-refractivity contribution < 1.29 is 37.4 Å². The molecule has 194 valence electrons. The van der Waals surface area contributed by atoms with Crippen molar-refractivity contribution in [1.29, 1.82) is 0 Å². The predicted octanol–water partition coefficient (Wildman–Crippen LogP) is 6.08. The number of Topliss-reactive ketones (excluding diaryl/α,β-unsaturated/α-hetero) is 1. The molecule has 2 amide bonds. The summed E-state index contributed by atoms with van der Waals surface area (Å²) in [4.78, 5) is 40.9. The van der Waals surface area contributed by atoms with Gasteiger partial charge in [0.25, 0.3) is 0 Å². The third-order valence-corrected chi connectivity index (χ3v) is 5.30. The highest BCUT2D eigenvalue weighted by Gasteiger charge is 2.36. The Morgan fingerprint density at radius 3 is 2.38 bits per heavy atom. The molecule has 0 radical (unpaired) electrons. The van der Waals surface area contributed by atoms with E-state index in [1.165, 1.54) is 13.0 Å². The number of pyridine rings is 1. The molecular formula is C26H24F3N3O5. The van der Waals surface area contributed by atoms with Crippen LogP contribution in [0.3, 0.4) is 0 Å². The second-order valence-electron chi connectivity index (χ2n) is 8.12. The fourth-order valence-electron chi connectivity index (χ4n) is 3.64. The lowest BCUT2D eigenvalue weighted by molar-refractivity contribution is -0.138. The normalized spacial score (nSPS) is 11.1. The van der Waals surface area contributed by atoms with Crippen LogP contribution in [0.5, 0.6) is 5.75 Å². The molecule has 0 fully saturated rings. The molecule has 37 heavy (non-hydrogen) atoms. The number of halogens is 3. The Hall–Kier alpha value is -4.41. The molecule has 1 aromatic heterocycles. The van der Waals surface area contributed by atoms with Gasteiger partial charge in [0.05, 0.1) is 30.0 Å². The lowest BCUT2D eigenvalue weighted by Gasteiger charge is -2.18. The summed E-state index contributed by atoms with van der Waals surface area (Å²) in [5.74, 6) is -2.10. The van der Waals surface area contributed by atoms with Crippen molar-refractivity contribution in [2.24, 2.45) is 0 Å². The molecule has 0 aliphatic rings. The molecule has 3 N–H and O–H groups in total. The number of hydrogen-bond acceptors (Lipinski definition) is 5. The zero-order chi connectivity index (χ0) is 27.3. The summed E-state index contributed by atoms with van der Waals surface area (Å²) < 4.78 is 45.7. The van der Waals surface area contributed by atoms with Crippen molar-refractivity contribution in [3.05, 3.63) is 71.0 Å². The van der Waals surface area contributed by atoms with Crippen LogP contribution in [-0.4, -0.2) is 34.5 Å². The van der Waals surface area contributed by atoms with Crippen molar-refractivity contribution in [2.45, 2.75) is 33.4 Å². The van der Waals surface area contributed by atoms with Crippen LogP contribution in [0.1, 0.15) is 40.5 Å². The summed E-state index contributed by atoms with van der Waals surface area (Å²) in [6.45, 7) is 5.07. The number of benzene rings is 2. The van der Waals surface area contributed by atoms with Crippen LogP contribution >= 0.6 is 0 Å². The number of aryl methyl sites for hydroxylation is 2. The van der Waals surface area contributed by atoms with E-state index in [2.05, 4.69) is 10.3 Å². The highest BCUT2D eigenvalue weighted by Crippen LogP contribution is 2.41. The van der Waals surface area contributed by atoms with Gasteiger partial charge in [0.15, 0.2) is 5.78 Å². The van der Waals surface area contributed by atoms with Gasteiger partial charge >= 0.3 is 12.3 Å². The van der Waals surface area contributed by atoms with Crippen molar-refractivity contribution in [3.8, 4) is 16.9 Å². The van der Waals surface area contributed by atoms with Crippen LogP contribution in [0.15, 0.2) is 48.7 Å². The van der Waals surface area contributed by atoms with Crippen molar-refractivity contribution >= 4 is 29.2 Å². The molecule has 3 aromatic rings. The van der Waals surface area contributed by atoms with Crippen LogP contribution in [0.2, 0.25) is 0 Å². The number of carbonyl (C=O) groups excluding carboxylic acids is 2. The highest BCUT2D eigenvalue weighted by molar-refractivity contribution is 6.12. The summed E-state index contributed by atoms with van der Waals surface area (Å²) in [5, 5.41) is 13.2. The Labute approximate surface area is 210 Å². The van der Waals surface area contributed by atoms with Gasteiger partial charge in [-0.3, -0.25) is 19.9 Å². The van der Waals surface area contributed by atoms with E-state index in [0.29, 0.717) is 6.07 Å². The number of amides is 2. The third kappa shape index (κ3) is 6.84. The van der Waals surface area contributed by atoms with Gasteiger partial charge < -0.3 is 15.2 Å². The first-order chi connectivity index (χ1) is 17.4. The summed E-state index contributed by atoms with van der Waals surface area (Å²) in [6, 6.07) is 9.88. The lowest BCUT2D eigenvalue weighted by Crippen LogP contribution is -2.20. The van der Waals surface area contributed by atoms with E-state index in [9.17, 15) is 27.6 Å². The molecule has 0 bridgehead atoms. The Morgan fingerprint density at radius 2 is 1.73 bits per heavy atom. The quantitative estimate of drug-likeness (QED) is 0.247. The van der Waals surface area contributed by atoms with Crippen LogP contribution in [0.25, 0.3) is 11.1 Å². The molecule has 1 heterocycles. The Morgan fingerprint density at radius 1 is 1.03 bits per heavy atom. The van der Waals surface area contributed by atoms with E-state index >= 15 is 0 Å². The number of nitrogens with zero attached hydrogens (tertiary/aromatic N) is 1. The minimum absolute atomic E-state index is 0.104.